The quantitative estimate of drug-likeness (QED) is 0.0492. The Balaban J connectivity index is 3.77. The van der Waals surface area contributed by atoms with Crippen molar-refractivity contribution < 1.29 is 19.1 Å². The topological polar surface area (TPSA) is 52.6 Å². The van der Waals surface area contributed by atoms with Gasteiger partial charge in [0.15, 0.2) is 0 Å². The summed E-state index contributed by atoms with van der Waals surface area (Å²) in [6.45, 7) is 8.88. The van der Waals surface area contributed by atoms with Crippen molar-refractivity contribution in [1.82, 2.24) is 0 Å². The number of hydrogen-bond acceptors (Lipinski definition) is 4. The van der Waals surface area contributed by atoms with E-state index in [-0.39, 0.29) is 11.9 Å². The molecule has 0 saturated carbocycles. The largest absolute Gasteiger partial charge is 0.462 e. The van der Waals surface area contributed by atoms with Gasteiger partial charge in [-0.3, -0.25) is 0 Å². The van der Waals surface area contributed by atoms with Crippen molar-refractivity contribution in [2.45, 2.75) is 163 Å². The Morgan fingerprint density at radius 1 is 0.432 bits per heavy atom. The fourth-order valence-electron chi connectivity index (χ4n) is 4.30. The minimum absolute atomic E-state index is 0.310. The molecule has 0 aliphatic heterocycles. The van der Waals surface area contributed by atoms with E-state index in [0.29, 0.717) is 24.4 Å². The van der Waals surface area contributed by atoms with Crippen LogP contribution in [0, 0.1) is 0 Å². The maximum Gasteiger partial charge on any atom is 0.333 e. The van der Waals surface area contributed by atoms with Gasteiger partial charge in [-0.15, -0.1) is 0 Å². The Morgan fingerprint density at radius 3 is 0.946 bits per heavy atom. The zero-order valence-electron chi connectivity index (χ0n) is 25.1. The number of ether oxygens (including phenoxy) is 2. The molecule has 0 radical (unpaired) electrons. The molecule has 0 saturated heterocycles. The minimum Gasteiger partial charge on any atom is -0.462 e. The summed E-state index contributed by atoms with van der Waals surface area (Å²) in [6, 6.07) is 0. The first-order chi connectivity index (χ1) is 18.0. The van der Waals surface area contributed by atoms with E-state index >= 15 is 0 Å². The molecule has 0 aromatic heterocycles. The number of esters is 2. The van der Waals surface area contributed by atoms with Crippen molar-refractivity contribution in [2.24, 2.45) is 0 Å². The summed E-state index contributed by atoms with van der Waals surface area (Å²) >= 11 is 0. The van der Waals surface area contributed by atoms with Crippen LogP contribution in [0.3, 0.4) is 0 Å². The Hall–Kier alpha value is -1.58. The number of unbranched alkanes of at least 4 members (excludes halogenated alkanes) is 19. The van der Waals surface area contributed by atoms with Crippen LogP contribution in [-0.2, 0) is 19.1 Å². The molecular formula is C33H60O4. The zero-order chi connectivity index (χ0) is 27.4. The van der Waals surface area contributed by atoms with Crippen molar-refractivity contribution in [1.29, 1.82) is 0 Å². The van der Waals surface area contributed by atoms with Gasteiger partial charge in [-0.2, -0.15) is 0 Å². The molecule has 4 nitrogen and oxygen atoms in total. The van der Waals surface area contributed by atoms with Gasteiger partial charge in [-0.05, 0) is 26.7 Å². The van der Waals surface area contributed by atoms with Gasteiger partial charge in [0.1, 0.15) is 0 Å². The summed E-state index contributed by atoms with van der Waals surface area (Å²) < 4.78 is 10.7. The molecule has 0 N–H and O–H groups in total. The van der Waals surface area contributed by atoms with Crippen molar-refractivity contribution in [2.75, 3.05) is 13.2 Å². The highest BCUT2D eigenvalue weighted by molar-refractivity contribution is 5.90. The maximum absolute atomic E-state index is 12.2. The van der Waals surface area contributed by atoms with Gasteiger partial charge in [0.25, 0.3) is 0 Å². The lowest BCUT2D eigenvalue weighted by Gasteiger charge is -2.06. The SMILES string of the molecule is CCCCCCCCCCCCCOC(=O)/C(C)=C/C=C(\C)C(=O)OCCCCCCCCCCCC. The van der Waals surface area contributed by atoms with Gasteiger partial charge in [0, 0.05) is 11.1 Å². The van der Waals surface area contributed by atoms with Crippen LogP contribution in [0.1, 0.15) is 163 Å². The van der Waals surface area contributed by atoms with Crippen LogP contribution in [0.2, 0.25) is 0 Å². The van der Waals surface area contributed by atoms with E-state index in [1.165, 1.54) is 109 Å². The lowest BCUT2D eigenvalue weighted by Crippen LogP contribution is -2.08. The lowest BCUT2D eigenvalue weighted by molar-refractivity contribution is -0.140. The summed E-state index contributed by atoms with van der Waals surface area (Å²) in [5.74, 6) is -0.621. The maximum atomic E-state index is 12.2. The molecular weight excluding hydrogens is 460 g/mol. The Kier molecular flexibility index (Phi) is 26.3. The standard InChI is InChI=1S/C33H60O4/c1-5-7-9-11-13-15-17-19-21-23-25-29-37-33(35)31(4)27-26-30(3)32(34)36-28-24-22-20-18-16-14-12-10-8-6-2/h26-27H,5-25,28-29H2,1-4H3/b30-26+,31-27+. The van der Waals surface area contributed by atoms with Crippen LogP contribution in [0.5, 0.6) is 0 Å². The molecule has 0 atom stereocenters. The molecule has 0 aromatic rings. The van der Waals surface area contributed by atoms with E-state index in [4.69, 9.17) is 9.47 Å². The van der Waals surface area contributed by atoms with Gasteiger partial charge >= 0.3 is 11.9 Å². The van der Waals surface area contributed by atoms with E-state index in [0.717, 1.165) is 25.7 Å². The van der Waals surface area contributed by atoms with Gasteiger partial charge in [0.05, 0.1) is 13.2 Å². The van der Waals surface area contributed by atoms with Crippen molar-refractivity contribution in [3.8, 4) is 0 Å². The predicted molar refractivity (Wildman–Crippen MR) is 158 cm³/mol. The molecule has 0 heterocycles. The highest BCUT2D eigenvalue weighted by Gasteiger charge is 2.07. The lowest BCUT2D eigenvalue weighted by atomic mass is 10.1. The van der Waals surface area contributed by atoms with Crippen molar-refractivity contribution >= 4 is 11.9 Å². The van der Waals surface area contributed by atoms with E-state index in [1.54, 1.807) is 26.0 Å². The van der Waals surface area contributed by atoms with Crippen LogP contribution in [0.15, 0.2) is 23.3 Å². The second-order valence-electron chi connectivity index (χ2n) is 10.7. The normalized spacial score (nSPS) is 12.1. The fourth-order valence-corrected chi connectivity index (χ4v) is 4.30. The first-order valence-corrected chi connectivity index (χ1v) is 15.7. The van der Waals surface area contributed by atoms with Crippen molar-refractivity contribution in [3.63, 3.8) is 0 Å². The van der Waals surface area contributed by atoms with E-state index in [1.807, 2.05) is 0 Å². The van der Waals surface area contributed by atoms with Gasteiger partial charge in [-0.1, -0.05) is 148 Å². The van der Waals surface area contributed by atoms with E-state index in [9.17, 15) is 9.59 Å². The summed E-state index contributed by atoms with van der Waals surface area (Å²) in [5, 5.41) is 0. The molecule has 0 aromatic carbocycles. The van der Waals surface area contributed by atoms with E-state index < -0.39 is 0 Å². The van der Waals surface area contributed by atoms with E-state index in [2.05, 4.69) is 13.8 Å². The third-order valence-corrected chi connectivity index (χ3v) is 6.94. The predicted octanol–water partition coefficient (Wildman–Crippen LogP) is 10.2. The van der Waals surface area contributed by atoms with Gasteiger partial charge in [-0.25, -0.2) is 9.59 Å². The summed E-state index contributed by atoms with van der Waals surface area (Å²) in [5.41, 5.74) is 1.01. The number of rotatable bonds is 26. The Bertz CT molecular complexity index is 605. The Labute approximate surface area is 230 Å². The van der Waals surface area contributed by atoms with Crippen LogP contribution in [0.25, 0.3) is 0 Å². The summed E-state index contributed by atoms with van der Waals surface area (Å²) in [7, 11) is 0. The third kappa shape index (κ3) is 24.5. The molecule has 0 unspecified atom stereocenters. The third-order valence-electron chi connectivity index (χ3n) is 6.94. The van der Waals surface area contributed by atoms with Gasteiger partial charge in [0.2, 0.25) is 0 Å². The molecule has 0 fully saturated rings. The molecule has 0 rings (SSSR count). The first-order valence-electron chi connectivity index (χ1n) is 15.7. The van der Waals surface area contributed by atoms with Crippen LogP contribution in [-0.4, -0.2) is 25.2 Å². The van der Waals surface area contributed by atoms with Crippen LogP contribution in [0.4, 0.5) is 0 Å². The molecule has 0 bridgehead atoms. The molecule has 4 heteroatoms. The number of carbonyl (C=O) groups is 2. The summed E-state index contributed by atoms with van der Waals surface area (Å²) in [4.78, 5) is 24.3. The van der Waals surface area contributed by atoms with Crippen molar-refractivity contribution in [3.05, 3.63) is 23.3 Å². The average molecular weight is 521 g/mol. The Morgan fingerprint density at radius 2 is 0.676 bits per heavy atom. The fraction of sp³-hybridized carbons (Fsp3) is 0.818. The molecule has 0 amide bonds. The molecule has 216 valence electrons. The number of carbonyl (C=O) groups excluding carboxylic acids is 2. The number of hydrogen-bond donors (Lipinski definition) is 0. The monoisotopic (exact) mass is 520 g/mol. The molecule has 0 aliphatic carbocycles. The minimum atomic E-state index is -0.311. The van der Waals surface area contributed by atoms with Crippen LogP contribution < -0.4 is 0 Å². The van der Waals surface area contributed by atoms with Gasteiger partial charge < -0.3 is 9.47 Å². The molecule has 37 heavy (non-hydrogen) atoms. The number of allylic oxidation sites excluding steroid dienone is 2. The zero-order valence-corrected chi connectivity index (χ0v) is 25.1. The second kappa shape index (κ2) is 27.5. The summed E-state index contributed by atoms with van der Waals surface area (Å²) in [6.07, 6.45) is 29.9. The highest BCUT2D eigenvalue weighted by atomic mass is 16.5. The average Bonchev–Trinajstić information content (AvgIpc) is 2.90. The molecule has 0 aliphatic rings. The smallest absolute Gasteiger partial charge is 0.333 e. The second-order valence-corrected chi connectivity index (χ2v) is 10.7. The highest BCUT2D eigenvalue weighted by Crippen LogP contribution is 2.12. The molecule has 0 spiro atoms. The first kappa shape index (κ1) is 35.4. The van der Waals surface area contributed by atoms with Crippen LogP contribution >= 0.6 is 0 Å².